The van der Waals surface area contributed by atoms with E-state index in [0.29, 0.717) is 24.5 Å². The van der Waals surface area contributed by atoms with Crippen LogP contribution < -0.4 is 10.5 Å². The molecule has 1 atom stereocenters. The number of ether oxygens (including phenoxy) is 2. The van der Waals surface area contributed by atoms with Gasteiger partial charge in [0.1, 0.15) is 12.4 Å². The summed E-state index contributed by atoms with van der Waals surface area (Å²) in [7, 11) is 0. The summed E-state index contributed by atoms with van der Waals surface area (Å²) in [5, 5.41) is 0. The first-order valence-electron chi connectivity index (χ1n) is 5.29. The number of nitrogens with two attached hydrogens (primary N) is 1. The van der Waals surface area contributed by atoms with Crippen LogP contribution in [-0.4, -0.2) is 25.2 Å². The lowest BCUT2D eigenvalue weighted by Gasteiger charge is -2.09. The van der Waals surface area contributed by atoms with Gasteiger partial charge < -0.3 is 15.2 Å². The number of esters is 1. The van der Waals surface area contributed by atoms with Crippen LogP contribution in [0.5, 0.6) is 5.75 Å². The van der Waals surface area contributed by atoms with E-state index >= 15 is 0 Å². The van der Waals surface area contributed by atoms with Crippen molar-refractivity contribution in [3.8, 4) is 5.75 Å². The van der Waals surface area contributed by atoms with Crippen LogP contribution in [0.3, 0.4) is 0 Å². The molecular formula is C12H18ClNO3. The Hall–Kier alpha value is -1.26. The van der Waals surface area contributed by atoms with Crippen molar-refractivity contribution in [2.45, 2.75) is 19.9 Å². The topological polar surface area (TPSA) is 61.5 Å². The maximum atomic E-state index is 11.4. The van der Waals surface area contributed by atoms with Crippen LogP contribution in [0.25, 0.3) is 0 Å². The molecule has 0 heterocycles. The third-order valence-electron chi connectivity index (χ3n) is 1.86. The highest BCUT2D eigenvalue weighted by atomic mass is 35.5. The second-order valence-corrected chi connectivity index (χ2v) is 3.54. The highest BCUT2D eigenvalue weighted by Crippen LogP contribution is 2.14. The minimum atomic E-state index is -0.339. The summed E-state index contributed by atoms with van der Waals surface area (Å²) in [5.41, 5.74) is 6.06. The average Bonchev–Trinajstić information content (AvgIpc) is 2.27. The quantitative estimate of drug-likeness (QED) is 0.822. The van der Waals surface area contributed by atoms with E-state index in [-0.39, 0.29) is 24.4 Å². The van der Waals surface area contributed by atoms with E-state index in [2.05, 4.69) is 0 Å². The Bertz CT molecular complexity index is 355. The van der Waals surface area contributed by atoms with Crippen LogP contribution in [0.2, 0.25) is 0 Å². The van der Waals surface area contributed by atoms with Gasteiger partial charge in [0.15, 0.2) is 0 Å². The van der Waals surface area contributed by atoms with Crippen molar-refractivity contribution in [2.24, 2.45) is 5.73 Å². The van der Waals surface area contributed by atoms with Crippen molar-refractivity contribution in [3.63, 3.8) is 0 Å². The molecule has 1 aromatic carbocycles. The van der Waals surface area contributed by atoms with Gasteiger partial charge in [0.2, 0.25) is 0 Å². The highest BCUT2D eigenvalue weighted by Gasteiger charge is 2.07. The summed E-state index contributed by atoms with van der Waals surface area (Å²) in [6.45, 7) is 4.42. The molecule has 0 amide bonds. The van der Waals surface area contributed by atoms with Crippen LogP contribution in [0.15, 0.2) is 24.3 Å². The molecule has 1 aromatic rings. The molecule has 0 spiro atoms. The van der Waals surface area contributed by atoms with Crippen LogP contribution >= 0.6 is 12.4 Å². The number of rotatable bonds is 5. The van der Waals surface area contributed by atoms with E-state index < -0.39 is 0 Å². The summed E-state index contributed by atoms with van der Waals surface area (Å²) in [6, 6.07) is 6.84. The van der Waals surface area contributed by atoms with Gasteiger partial charge in [-0.05, 0) is 32.0 Å². The zero-order valence-electron chi connectivity index (χ0n) is 10.0. The van der Waals surface area contributed by atoms with Crippen molar-refractivity contribution in [1.29, 1.82) is 0 Å². The second kappa shape index (κ2) is 7.92. The number of carbonyl (C=O) groups is 1. The highest BCUT2D eigenvalue weighted by molar-refractivity contribution is 5.89. The fourth-order valence-electron chi connectivity index (χ4n) is 1.15. The molecule has 0 fully saturated rings. The maximum absolute atomic E-state index is 11.4. The number of hydrogen-bond donors (Lipinski definition) is 1. The van der Waals surface area contributed by atoms with Gasteiger partial charge in [0.25, 0.3) is 0 Å². The van der Waals surface area contributed by atoms with E-state index in [9.17, 15) is 4.79 Å². The van der Waals surface area contributed by atoms with Crippen molar-refractivity contribution < 1.29 is 14.3 Å². The lowest BCUT2D eigenvalue weighted by atomic mass is 10.2. The van der Waals surface area contributed by atoms with E-state index in [0.717, 1.165) is 0 Å². The summed E-state index contributed by atoms with van der Waals surface area (Å²) in [6.07, 6.45) is 0. The Kier molecular flexibility index (Phi) is 7.34. The molecule has 96 valence electrons. The molecule has 17 heavy (non-hydrogen) atoms. The zero-order chi connectivity index (χ0) is 12.0. The second-order valence-electron chi connectivity index (χ2n) is 3.54. The Balaban J connectivity index is 0.00000256. The molecule has 0 saturated heterocycles. The van der Waals surface area contributed by atoms with Gasteiger partial charge in [0, 0.05) is 6.04 Å². The molecule has 1 rings (SSSR count). The van der Waals surface area contributed by atoms with Crippen LogP contribution in [0.4, 0.5) is 0 Å². The zero-order valence-corrected chi connectivity index (χ0v) is 10.8. The molecule has 4 nitrogen and oxygen atoms in total. The number of carbonyl (C=O) groups excluding carboxylic acids is 1. The molecule has 0 saturated carbocycles. The first-order valence-corrected chi connectivity index (χ1v) is 5.29. The van der Waals surface area contributed by atoms with Crippen molar-refractivity contribution in [3.05, 3.63) is 29.8 Å². The third kappa shape index (κ3) is 5.56. The van der Waals surface area contributed by atoms with Crippen molar-refractivity contribution in [2.75, 3.05) is 13.2 Å². The Morgan fingerprint density at radius 3 is 2.76 bits per heavy atom. The number of hydrogen-bond acceptors (Lipinski definition) is 4. The lowest BCUT2D eigenvalue weighted by molar-refractivity contribution is 0.0526. The third-order valence-corrected chi connectivity index (χ3v) is 1.86. The van der Waals surface area contributed by atoms with Gasteiger partial charge in [-0.15, -0.1) is 12.4 Å². The summed E-state index contributed by atoms with van der Waals surface area (Å²) < 4.78 is 10.3. The monoisotopic (exact) mass is 259 g/mol. The van der Waals surface area contributed by atoms with Gasteiger partial charge >= 0.3 is 5.97 Å². The predicted molar refractivity (Wildman–Crippen MR) is 68.8 cm³/mol. The van der Waals surface area contributed by atoms with E-state index in [1.165, 1.54) is 0 Å². The van der Waals surface area contributed by atoms with Crippen molar-refractivity contribution in [1.82, 2.24) is 0 Å². The first kappa shape index (κ1) is 15.7. The molecule has 0 aromatic heterocycles. The van der Waals surface area contributed by atoms with E-state index in [1.54, 1.807) is 31.2 Å². The number of benzene rings is 1. The molecule has 0 bridgehead atoms. The molecule has 0 aliphatic rings. The smallest absolute Gasteiger partial charge is 0.338 e. The number of halogens is 1. The van der Waals surface area contributed by atoms with Crippen molar-refractivity contribution >= 4 is 18.4 Å². The average molecular weight is 260 g/mol. The van der Waals surface area contributed by atoms with E-state index in [4.69, 9.17) is 15.2 Å². The van der Waals surface area contributed by atoms with Gasteiger partial charge in [-0.2, -0.15) is 0 Å². The summed E-state index contributed by atoms with van der Waals surface area (Å²) in [4.78, 5) is 11.4. The normalized spacial score (nSPS) is 11.2. The molecule has 0 aliphatic carbocycles. The Morgan fingerprint density at radius 1 is 1.47 bits per heavy atom. The predicted octanol–water partition coefficient (Wildman–Crippen LogP) is 2.01. The SMILES string of the molecule is CCOC(=O)c1cccc(OCC(C)N)c1.Cl. The molecule has 5 heteroatoms. The van der Waals surface area contributed by atoms with Gasteiger partial charge in [0.05, 0.1) is 12.2 Å². The fourth-order valence-corrected chi connectivity index (χ4v) is 1.15. The summed E-state index contributed by atoms with van der Waals surface area (Å²) in [5.74, 6) is 0.289. The molecule has 0 aliphatic heterocycles. The standard InChI is InChI=1S/C12H17NO3.ClH/c1-3-15-12(14)10-5-4-6-11(7-10)16-8-9(2)13;/h4-7,9H,3,8,13H2,1-2H3;1H. The Morgan fingerprint density at radius 2 is 2.18 bits per heavy atom. The van der Waals surface area contributed by atoms with Gasteiger partial charge in [-0.3, -0.25) is 0 Å². The van der Waals surface area contributed by atoms with Gasteiger partial charge in [-0.1, -0.05) is 6.07 Å². The van der Waals surface area contributed by atoms with Gasteiger partial charge in [-0.25, -0.2) is 4.79 Å². The largest absolute Gasteiger partial charge is 0.492 e. The minimum absolute atomic E-state index is 0. The maximum Gasteiger partial charge on any atom is 0.338 e. The minimum Gasteiger partial charge on any atom is -0.492 e. The van der Waals surface area contributed by atoms with Crippen LogP contribution in [0, 0.1) is 0 Å². The fraction of sp³-hybridized carbons (Fsp3) is 0.417. The Labute approximate surface area is 108 Å². The summed E-state index contributed by atoms with van der Waals surface area (Å²) >= 11 is 0. The molecule has 2 N–H and O–H groups in total. The molecular weight excluding hydrogens is 242 g/mol. The first-order chi connectivity index (χ1) is 7.63. The van der Waals surface area contributed by atoms with Crippen LogP contribution in [0.1, 0.15) is 24.2 Å². The lowest BCUT2D eigenvalue weighted by Crippen LogP contribution is -2.23. The molecule has 1 unspecified atom stereocenters. The van der Waals surface area contributed by atoms with E-state index in [1.807, 2.05) is 6.92 Å². The van der Waals surface area contributed by atoms with Crippen LogP contribution in [-0.2, 0) is 4.74 Å². The molecule has 0 radical (unpaired) electrons.